The van der Waals surface area contributed by atoms with E-state index in [1.165, 1.54) is 5.56 Å². The SMILES string of the molecule is C[C@H](CNC(=O)CCc1ccc2c(c1)OCO2)c1ccccc1. The Morgan fingerprint density at radius 1 is 1.13 bits per heavy atom. The molecule has 2 aromatic rings. The van der Waals surface area contributed by atoms with E-state index < -0.39 is 0 Å². The summed E-state index contributed by atoms with van der Waals surface area (Å²) >= 11 is 0. The zero-order valence-electron chi connectivity index (χ0n) is 13.2. The van der Waals surface area contributed by atoms with Crippen molar-refractivity contribution in [3.05, 3.63) is 59.7 Å². The monoisotopic (exact) mass is 311 g/mol. The molecular formula is C19H21NO3. The standard InChI is InChI=1S/C19H21NO3/c1-14(16-5-3-2-4-6-16)12-20-19(21)10-8-15-7-9-17-18(11-15)23-13-22-17/h2-7,9,11,14H,8,10,12-13H2,1H3,(H,20,21)/t14-/m1/s1. The van der Waals surface area contributed by atoms with Crippen molar-refractivity contribution < 1.29 is 14.3 Å². The fourth-order valence-electron chi connectivity index (χ4n) is 2.61. The number of fused-ring (bicyclic) bond motifs is 1. The van der Waals surface area contributed by atoms with Crippen LogP contribution in [-0.4, -0.2) is 19.2 Å². The lowest BCUT2D eigenvalue weighted by Gasteiger charge is -2.13. The van der Waals surface area contributed by atoms with Gasteiger partial charge in [-0.05, 0) is 35.6 Å². The molecule has 1 amide bonds. The van der Waals surface area contributed by atoms with Gasteiger partial charge in [0.15, 0.2) is 11.5 Å². The molecule has 0 unspecified atom stereocenters. The van der Waals surface area contributed by atoms with Crippen LogP contribution < -0.4 is 14.8 Å². The highest BCUT2D eigenvalue weighted by Crippen LogP contribution is 2.32. The summed E-state index contributed by atoms with van der Waals surface area (Å²) in [6, 6.07) is 16.0. The molecule has 0 radical (unpaired) electrons. The van der Waals surface area contributed by atoms with Crippen molar-refractivity contribution in [3.63, 3.8) is 0 Å². The molecule has 2 aromatic carbocycles. The van der Waals surface area contributed by atoms with Crippen LogP contribution in [0.3, 0.4) is 0 Å². The van der Waals surface area contributed by atoms with E-state index in [0.717, 1.165) is 17.1 Å². The van der Waals surface area contributed by atoms with Gasteiger partial charge in [-0.1, -0.05) is 43.3 Å². The summed E-state index contributed by atoms with van der Waals surface area (Å²) in [4.78, 5) is 12.0. The Labute approximate surface area is 136 Å². The van der Waals surface area contributed by atoms with Crippen molar-refractivity contribution >= 4 is 5.91 Å². The van der Waals surface area contributed by atoms with Crippen molar-refractivity contribution in [2.45, 2.75) is 25.7 Å². The van der Waals surface area contributed by atoms with Crippen LogP contribution in [-0.2, 0) is 11.2 Å². The molecule has 4 nitrogen and oxygen atoms in total. The molecular weight excluding hydrogens is 290 g/mol. The Balaban J connectivity index is 1.45. The Morgan fingerprint density at radius 2 is 1.91 bits per heavy atom. The van der Waals surface area contributed by atoms with E-state index in [2.05, 4.69) is 24.4 Å². The first kappa shape index (κ1) is 15.4. The number of hydrogen-bond acceptors (Lipinski definition) is 3. The lowest BCUT2D eigenvalue weighted by Crippen LogP contribution is -2.27. The van der Waals surface area contributed by atoms with Gasteiger partial charge < -0.3 is 14.8 Å². The first-order chi connectivity index (χ1) is 11.2. The predicted molar refractivity (Wildman–Crippen MR) is 88.8 cm³/mol. The summed E-state index contributed by atoms with van der Waals surface area (Å²) in [5.41, 5.74) is 2.32. The smallest absolute Gasteiger partial charge is 0.231 e. The van der Waals surface area contributed by atoms with E-state index in [1.54, 1.807) is 0 Å². The van der Waals surface area contributed by atoms with Gasteiger partial charge in [-0.25, -0.2) is 0 Å². The summed E-state index contributed by atoms with van der Waals surface area (Å²) < 4.78 is 10.6. The van der Waals surface area contributed by atoms with Gasteiger partial charge in [0.05, 0.1) is 0 Å². The van der Waals surface area contributed by atoms with Crippen molar-refractivity contribution in [1.29, 1.82) is 0 Å². The van der Waals surface area contributed by atoms with Crippen molar-refractivity contribution in [1.82, 2.24) is 5.32 Å². The molecule has 120 valence electrons. The molecule has 0 fully saturated rings. The number of carbonyl (C=O) groups excluding carboxylic acids is 1. The largest absolute Gasteiger partial charge is 0.454 e. The second-order valence-corrected chi connectivity index (χ2v) is 5.80. The number of benzene rings is 2. The van der Waals surface area contributed by atoms with Gasteiger partial charge in [0, 0.05) is 13.0 Å². The highest BCUT2D eigenvalue weighted by molar-refractivity contribution is 5.76. The summed E-state index contributed by atoms with van der Waals surface area (Å²) in [6.45, 7) is 3.05. The zero-order chi connectivity index (χ0) is 16.1. The van der Waals surface area contributed by atoms with Crippen LogP contribution >= 0.6 is 0 Å². The third kappa shape index (κ3) is 4.03. The second kappa shape index (κ2) is 7.18. The zero-order valence-corrected chi connectivity index (χ0v) is 13.2. The van der Waals surface area contributed by atoms with Crippen LogP contribution in [0.4, 0.5) is 0 Å². The van der Waals surface area contributed by atoms with Crippen LogP contribution in [0.25, 0.3) is 0 Å². The average molecular weight is 311 g/mol. The van der Waals surface area contributed by atoms with E-state index in [0.29, 0.717) is 25.3 Å². The van der Waals surface area contributed by atoms with E-state index >= 15 is 0 Å². The molecule has 0 spiro atoms. The van der Waals surface area contributed by atoms with Crippen LogP contribution in [0.15, 0.2) is 48.5 Å². The topological polar surface area (TPSA) is 47.6 Å². The van der Waals surface area contributed by atoms with Crippen molar-refractivity contribution in [2.75, 3.05) is 13.3 Å². The minimum Gasteiger partial charge on any atom is -0.454 e. The van der Waals surface area contributed by atoms with Gasteiger partial charge in [0.25, 0.3) is 0 Å². The molecule has 0 bridgehead atoms. The maximum absolute atomic E-state index is 12.0. The normalized spacial score (nSPS) is 13.6. The molecule has 1 heterocycles. The van der Waals surface area contributed by atoms with Crippen LogP contribution in [0.1, 0.15) is 30.4 Å². The minimum absolute atomic E-state index is 0.0745. The first-order valence-corrected chi connectivity index (χ1v) is 7.92. The van der Waals surface area contributed by atoms with E-state index in [1.807, 2.05) is 36.4 Å². The second-order valence-electron chi connectivity index (χ2n) is 5.80. The third-order valence-corrected chi connectivity index (χ3v) is 4.05. The van der Waals surface area contributed by atoms with Gasteiger partial charge in [-0.3, -0.25) is 4.79 Å². The number of carbonyl (C=O) groups is 1. The number of aryl methyl sites for hydroxylation is 1. The summed E-state index contributed by atoms with van der Waals surface area (Å²) in [7, 11) is 0. The maximum Gasteiger partial charge on any atom is 0.231 e. The summed E-state index contributed by atoms with van der Waals surface area (Å²) in [5, 5.41) is 3.01. The molecule has 1 N–H and O–H groups in total. The molecule has 3 rings (SSSR count). The highest BCUT2D eigenvalue weighted by Gasteiger charge is 2.14. The van der Waals surface area contributed by atoms with Gasteiger partial charge in [0.2, 0.25) is 12.7 Å². The van der Waals surface area contributed by atoms with Crippen LogP contribution in [0.5, 0.6) is 11.5 Å². The van der Waals surface area contributed by atoms with E-state index in [9.17, 15) is 4.79 Å². The Morgan fingerprint density at radius 3 is 2.74 bits per heavy atom. The van der Waals surface area contributed by atoms with E-state index in [4.69, 9.17) is 9.47 Å². The van der Waals surface area contributed by atoms with Gasteiger partial charge in [-0.15, -0.1) is 0 Å². The molecule has 23 heavy (non-hydrogen) atoms. The van der Waals surface area contributed by atoms with Crippen LogP contribution in [0, 0.1) is 0 Å². The first-order valence-electron chi connectivity index (χ1n) is 7.92. The van der Waals surface area contributed by atoms with Gasteiger partial charge in [-0.2, -0.15) is 0 Å². The third-order valence-electron chi connectivity index (χ3n) is 4.05. The predicted octanol–water partition coefficient (Wildman–Crippen LogP) is 3.27. The molecule has 4 heteroatoms. The van der Waals surface area contributed by atoms with Gasteiger partial charge in [0.1, 0.15) is 0 Å². The Bertz CT molecular complexity index is 670. The maximum atomic E-state index is 12.0. The molecule has 0 saturated carbocycles. The Kier molecular flexibility index (Phi) is 4.81. The lowest BCUT2D eigenvalue weighted by molar-refractivity contribution is -0.121. The van der Waals surface area contributed by atoms with Crippen molar-refractivity contribution in [2.24, 2.45) is 0 Å². The lowest BCUT2D eigenvalue weighted by atomic mass is 10.0. The molecule has 0 aromatic heterocycles. The quantitative estimate of drug-likeness (QED) is 0.890. The number of ether oxygens (including phenoxy) is 2. The van der Waals surface area contributed by atoms with Crippen LogP contribution in [0.2, 0.25) is 0 Å². The number of amides is 1. The number of nitrogens with one attached hydrogen (secondary N) is 1. The number of rotatable bonds is 6. The minimum atomic E-state index is 0.0745. The number of hydrogen-bond donors (Lipinski definition) is 1. The Hall–Kier alpha value is -2.49. The molecule has 0 aliphatic carbocycles. The summed E-state index contributed by atoms with van der Waals surface area (Å²) in [6.07, 6.45) is 1.17. The fourth-order valence-corrected chi connectivity index (χ4v) is 2.61. The highest BCUT2D eigenvalue weighted by atomic mass is 16.7. The summed E-state index contributed by atoms with van der Waals surface area (Å²) in [5.74, 6) is 1.92. The van der Waals surface area contributed by atoms with Crippen molar-refractivity contribution in [3.8, 4) is 11.5 Å². The molecule has 1 aliphatic heterocycles. The fraction of sp³-hybridized carbons (Fsp3) is 0.316. The average Bonchev–Trinajstić information content (AvgIpc) is 3.06. The van der Waals surface area contributed by atoms with E-state index in [-0.39, 0.29) is 12.7 Å². The molecule has 0 saturated heterocycles. The molecule has 1 atom stereocenters. The molecule has 1 aliphatic rings. The van der Waals surface area contributed by atoms with Gasteiger partial charge >= 0.3 is 0 Å².